The zero-order valence-electron chi connectivity index (χ0n) is 17.3. The van der Waals surface area contributed by atoms with Crippen LogP contribution < -0.4 is 5.32 Å². The molecule has 1 aromatic rings. The van der Waals surface area contributed by atoms with Gasteiger partial charge in [-0.1, -0.05) is 52.9 Å². The molecule has 30 heavy (non-hydrogen) atoms. The van der Waals surface area contributed by atoms with E-state index in [2.05, 4.69) is 27.9 Å². The minimum absolute atomic E-state index is 0.112. The summed E-state index contributed by atoms with van der Waals surface area (Å²) in [6.07, 6.45) is -0.0700. The van der Waals surface area contributed by atoms with Crippen LogP contribution in [0.5, 0.6) is 0 Å². The van der Waals surface area contributed by atoms with E-state index >= 15 is 0 Å². The molecule has 1 heterocycles. The molecule has 0 unspecified atom stereocenters. The first-order chi connectivity index (χ1) is 14.5. The molecule has 1 aromatic carbocycles. The fourth-order valence-electron chi connectivity index (χ4n) is 3.18. The predicted octanol–water partition coefficient (Wildman–Crippen LogP) is 1.95. The first-order valence-corrected chi connectivity index (χ1v) is 11.1. The number of ether oxygens (including phenoxy) is 5. The minimum atomic E-state index is -0.806. The molecule has 1 fully saturated rings. The van der Waals surface area contributed by atoms with Gasteiger partial charge in [0, 0.05) is 44.8 Å². The molecule has 8 nitrogen and oxygen atoms in total. The van der Waals surface area contributed by atoms with Crippen molar-refractivity contribution < 1.29 is 33.3 Å². The molecule has 0 radical (unpaired) electrons. The monoisotopic (exact) mass is 533 g/mol. The van der Waals surface area contributed by atoms with Crippen molar-refractivity contribution in [1.82, 2.24) is 5.32 Å². The van der Waals surface area contributed by atoms with Crippen LogP contribution in [0.15, 0.2) is 36.4 Å². The molecule has 1 saturated heterocycles. The highest BCUT2D eigenvalue weighted by Gasteiger charge is 2.49. The molecule has 9 heteroatoms. The summed E-state index contributed by atoms with van der Waals surface area (Å²) in [5.74, 6) is -0.664. The second-order valence-corrected chi connectivity index (χ2v) is 7.65. The van der Waals surface area contributed by atoms with E-state index in [1.807, 2.05) is 30.3 Å². The predicted molar refractivity (Wildman–Crippen MR) is 119 cm³/mol. The van der Waals surface area contributed by atoms with Crippen LogP contribution in [-0.4, -0.2) is 74.9 Å². The lowest BCUT2D eigenvalue weighted by molar-refractivity contribution is -0.299. The number of carbonyl (C=O) groups is 2. The number of hydrogen-bond acceptors (Lipinski definition) is 7. The van der Waals surface area contributed by atoms with Gasteiger partial charge in [0.15, 0.2) is 12.4 Å². The number of esters is 1. The Morgan fingerprint density at radius 1 is 1.07 bits per heavy atom. The molecular weight excluding hydrogens is 505 g/mol. The summed E-state index contributed by atoms with van der Waals surface area (Å²) in [7, 11) is 4.49. The van der Waals surface area contributed by atoms with Crippen molar-refractivity contribution >= 4 is 40.5 Å². The van der Waals surface area contributed by atoms with E-state index in [0.29, 0.717) is 10.8 Å². The molecular formula is C21H28INO7. The second kappa shape index (κ2) is 13.0. The summed E-state index contributed by atoms with van der Waals surface area (Å²) in [6, 6.07) is 9.40. The molecule has 1 N–H and O–H groups in total. The summed E-state index contributed by atoms with van der Waals surface area (Å²) in [4.78, 5) is 24.4. The SMILES string of the molecule is CO[C@H]1O[C@H](CNC(=O)CCI)[C@@H](OC(=O)/C=C/c2ccccc2)[C@H](OC)[C@H]1OC. The molecule has 0 aromatic heterocycles. The maximum absolute atomic E-state index is 12.5. The van der Waals surface area contributed by atoms with Crippen molar-refractivity contribution in [1.29, 1.82) is 0 Å². The van der Waals surface area contributed by atoms with E-state index in [-0.39, 0.29) is 12.5 Å². The van der Waals surface area contributed by atoms with Crippen molar-refractivity contribution in [3.8, 4) is 0 Å². The molecule has 0 bridgehead atoms. The standard InChI is InChI=1S/C21H28INO7/c1-26-19-18(30-17(25)10-9-14-7-5-4-6-8-14)15(13-23-16(24)11-12-22)29-21(28-3)20(19)27-2/h4-10,15,18-21H,11-13H2,1-3H3,(H,23,24)/b10-9+/t15-,18-,19+,20-,21+/m1/s1. The maximum Gasteiger partial charge on any atom is 0.331 e. The van der Waals surface area contributed by atoms with Crippen molar-refractivity contribution in [2.45, 2.75) is 37.1 Å². The third-order valence-corrected chi connectivity index (χ3v) is 5.19. The van der Waals surface area contributed by atoms with Gasteiger partial charge < -0.3 is 29.0 Å². The van der Waals surface area contributed by atoms with Crippen molar-refractivity contribution in [2.75, 3.05) is 32.3 Å². The highest BCUT2D eigenvalue weighted by Crippen LogP contribution is 2.28. The van der Waals surface area contributed by atoms with Gasteiger partial charge >= 0.3 is 5.97 Å². The third-order valence-electron chi connectivity index (χ3n) is 4.65. The highest BCUT2D eigenvalue weighted by molar-refractivity contribution is 14.1. The van der Waals surface area contributed by atoms with Gasteiger partial charge in [0.05, 0.1) is 0 Å². The third kappa shape index (κ3) is 7.02. The van der Waals surface area contributed by atoms with Crippen LogP contribution in [0.4, 0.5) is 0 Å². The van der Waals surface area contributed by atoms with Crippen LogP contribution in [-0.2, 0) is 33.3 Å². The molecule has 166 valence electrons. The smallest absolute Gasteiger partial charge is 0.331 e. The summed E-state index contributed by atoms with van der Waals surface area (Å²) in [5.41, 5.74) is 0.870. The average Bonchev–Trinajstić information content (AvgIpc) is 2.77. The lowest BCUT2D eigenvalue weighted by atomic mass is 9.97. The van der Waals surface area contributed by atoms with E-state index in [1.54, 1.807) is 6.08 Å². The van der Waals surface area contributed by atoms with Crippen molar-refractivity contribution in [2.24, 2.45) is 0 Å². The van der Waals surface area contributed by atoms with Gasteiger partial charge in [-0.2, -0.15) is 0 Å². The zero-order valence-corrected chi connectivity index (χ0v) is 19.4. The van der Waals surface area contributed by atoms with Gasteiger partial charge in [-0.3, -0.25) is 4.79 Å². The van der Waals surface area contributed by atoms with Gasteiger partial charge in [0.1, 0.15) is 18.3 Å². The fourth-order valence-corrected chi connectivity index (χ4v) is 3.67. The van der Waals surface area contributed by atoms with Gasteiger partial charge in [-0.05, 0) is 11.6 Å². The van der Waals surface area contributed by atoms with Crippen LogP contribution in [0.2, 0.25) is 0 Å². The highest BCUT2D eigenvalue weighted by atomic mass is 127. The van der Waals surface area contributed by atoms with Crippen LogP contribution >= 0.6 is 22.6 Å². The molecule has 1 amide bonds. The number of amides is 1. The van der Waals surface area contributed by atoms with E-state index in [0.717, 1.165) is 5.56 Å². The van der Waals surface area contributed by atoms with Crippen LogP contribution in [0.25, 0.3) is 6.08 Å². The summed E-state index contributed by atoms with van der Waals surface area (Å²) >= 11 is 2.13. The van der Waals surface area contributed by atoms with Gasteiger partial charge in [0.2, 0.25) is 5.91 Å². The second-order valence-electron chi connectivity index (χ2n) is 6.57. The fraction of sp³-hybridized carbons (Fsp3) is 0.524. The Hall–Kier alpha value is -1.53. The summed E-state index contributed by atoms with van der Waals surface area (Å²) in [6.45, 7) is 0.145. The number of nitrogens with one attached hydrogen (secondary N) is 1. The zero-order chi connectivity index (χ0) is 21.9. The van der Waals surface area contributed by atoms with E-state index in [9.17, 15) is 9.59 Å². The van der Waals surface area contributed by atoms with E-state index < -0.39 is 36.7 Å². The molecule has 0 spiro atoms. The van der Waals surface area contributed by atoms with Crippen LogP contribution in [0, 0.1) is 0 Å². The Morgan fingerprint density at radius 3 is 2.37 bits per heavy atom. The number of rotatable bonds is 10. The van der Waals surface area contributed by atoms with Gasteiger partial charge in [-0.15, -0.1) is 0 Å². The number of benzene rings is 1. The molecule has 0 saturated carbocycles. The van der Waals surface area contributed by atoms with E-state index in [4.69, 9.17) is 23.7 Å². The van der Waals surface area contributed by atoms with Crippen LogP contribution in [0.3, 0.4) is 0 Å². The lowest BCUT2D eigenvalue weighted by Gasteiger charge is -2.44. The van der Waals surface area contributed by atoms with E-state index in [1.165, 1.54) is 27.4 Å². The van der Waals surface area contributed by atoms with Gasteiger partial charge in [-0.25, -0.2) is 4.79 Å². The Bertz CT molecular complexity index is 700. The summed E-state index contributed by atoms with van der Waals surface area (Å²) < 4.78 is 28.8. The normalized spacial score (nSPS) is 26.5. The first kappa shape index (κ1) is 24.7. The number of hydrogen-bond donors (Lipinski definition) is 1. The lowest BCUT2D eigenvalue weighted by Crippen LogP contribution is -2.62. The topological polar surface area (TPSA) is 92.3 Å². The molecule has 1 aliphatic rings. The molecule has 1 aliphatic heterocycles. The number of carbonyl (C=O) groups excluding carboxylic acids is 2. The summed E-state index contributed by atoms with van der Waals surface area (Å²) in [5, 5.41) is 2.81. The Kier molecular flexibility index (Phi) is 10.7. The molecule has 0 aliphatic carbocycles. The number of halogens is 1. The number of alkyl halides is 1. The largest absolute Gasteiger partial charge is 0.453 e. The van der Waals surface area contributed by atoms with Crippen molar-refractivity contribution in [3.63, 3.8) is 0 Å². The average molecular weight is 533 g/mol. The van der Waals surface area contributed by atoms with Crippen LogP contribution in [0.1, 0.15) is 12.0 Å². The minimum Gasteiger partial charge on any atom is -0.453 e. The Morgan fingerprint density at radius 2 is 1.77 bits per heavy atom. The number of methoxy groups -OCH3 is 3. The first-order valence-electron chi connectivity index (χ1n) is 9.54. The maximum atomic E-state index is 12.5. The quantitative estimate of drug-likeness (QED) is 0.213. The molecule has 2 rings (SSSR count). The van der Waals surface area contributed by atoms with Gasteiger partial charge in [0.25, 0.3) is 0 Å². The van der Waals surface area contributed by atoms with Crippen molar-refractivity contribution in [3.05, 3.63) is 42.0 Å². The Labute approximate surface area is 190 Å². The molecule has 5 atom stereocenters. The Balaban J connectivity index is 2.15.